The highest BCUT2D eigenvalue weighted by Gasteiger charge is 2.15. The molecule has 0 fully saturated rings. The number of rotatable bonds is 6. The monoisotopic (exact) mass is 362 g/mol. The Bertz CT molecular complexity index is 740. The van der Waals surface area contributed by atoms with E-state index < -0.39 is 11.7 Å². The van der Waals surface area contributed by atoms with E-state index in [0.29, 0.717) is 11.5 Å². The third-order valence-corrected chi connectivity index (χ3v) is 4.04. The van der Waals surface area contributed by atoms with Crippen molar-refractivity contribution in [2.75, 3.05) is 13.1 Å². The molecule has 6 heteroatoms. The van der Waals surface area contributed by atoms with Gasteiger partial charge in [0.2, 0.25) is 0 Å². The summed E-state index contributed by atoms with van der Waals surface area (Å²) < 4.78 is 13.6. The molecule has 4 nitrogen and oxygen atoms in total. The molecule has 25 heavy (non-hydrogen) atoms. The molecule has 0 saturated heterocycles. The summed E-state index contributed by atoms with van der Waals surface area (Å²) in [6, 6.07) is 11.4. The van der Waals surface area contributed by atoms with Crippen LogP contribution in [0.3, 0.4) is 0 Å². The van der Waals surface area contributed by atoms with Gasteiger partial charge in [0.05, 0.1) is 10.6 Å². The fourth-order valence-electron chi connectivity index (χ4n) is 2.28. The van der Waals surface area contributed by atoms with Crippen LogP contribution in [0.2, 0.25) is 5.02 Å². The zero-order chi connectivity index (χ0) is 18.4. The van der Waals surface area contributed by atoms with Crippen molar-refractivity contribution in [1.82, 2.24) is 10.6 Å². The summed E-state index contributed by atoms with van der Waals surface area (Å²) in [6.07, 6.45) is 0. The topological polar surface area (TPSA) is 58.2 Å². The first kappa shape index (κ1) is 18.9. The first-order valence-electron chi connectivity index (χ1n) is 8.00. The molecule has 132 valence electrons. The van der Waals surface area contributed by atoms with Gasteiger partial charge < -0.3 is 10.6 Å². The quantitative estimate of drug-likeness (QED) is 0.769. The molecule has 0 aromatic heterocycles. The molecule has 2 aromatic rings. The third-order valence-electron chi connectivity index (χ3n) is 3.73. The van der Waals surface area contributed by atoms with E-state index in [1.807, 2.05) is 12.1 Å². The number of carbonyl (C=O) groups excluding carboxylic acids is 2. The first-order chi connectivity index (χ1) is 11.9. The SMILES string of the molecule is CC(C)c1ccc(C(=O)NCCNC(=O)c2c(F)cccc2Cl)cc1. The second kappa shape index (κ2) is 8.62. The summed E-state index contributed by atoms with van der Waals surface area (Å²) in [5.74, 6) is -1.12. The van der Waals surface area contributed by atoms with Gasteiger partial charge in [-0.3, -0.25) is 9.59 Å². The highest BCUT2D eigenvalue weighted by Crippen LogP contribution is 2.18. The molecule has 0 spiro atoms. The van der Waals surface area contributed by atoms with Crippen molar-refractivity contribution >= 4 is 23.4 Å². The van der Waals surface area contributed by atoms with Crippen molar-refractivity contribution in [2.24, 2.45) is 0 Å². The van der Waals surface area contributed by atoms with Crippen LogP contribution in [0.1, 0.15) is 46.0 Å². The highest BCUT2D eigenvalue weighted by atomic mass is 35.5. The molecular weight excluding hydrogens is 343 g/mol. The molecule has 2 rings (SSSR count). The largest absolute Gasteiger partial charge is 0.350 e. The molecule has 0 bridgehead atoms. The molecule has 0 atom stereocenters. The zero-order valence-electron chi connectivity index (χ0n) is 14.1. The van der Waals surface area contributed by atoms with Gasteiger partial charge in [0, 0.05) is 18.7 Å². The minimum atomic E-state index is -0.681. The van der Waals surface area contributed by atoms with Gasteiger partial charge in [-0.2, -0.15) is 0 Å². The van der Waals surface area contributed by atoms with Crippen molar-refractivity contribution in [1.29, 1.82) is 0 Å². The van der Waals surface area contributed by atoms with E-state index in [4.69, 9.17) is 11.6 Å². The Labute approximate surface area is 151 Å². The number of halogens is 2. The van der Waals surface area contributed by atoms with Crippen LogP contribution in [0.5, 0.6) is 0 Å². The summed E-state index contributed by atoms with van der Waals surface area (Å²) in [6.45, 7) is 4.56. The Balaban J connectivity index is 1.82. The van der Waals surface area contributed by atoms with E-state index in [9.17, 15) is 14.0 Å². The molecule has 0 heterocycles. The van der Waals surface area contributed by atoms with Gasteiger partial charge in [0.1, 0.15) is 5.82 Å². The van der Waals surface area contributed by atoms with Gasteiger partial charge >= 0.3 is 0 Å². The maximum Gasteiger partial charge on any atom is 0.255 e. The summed E-state index contributed by atoms with van der Waals surface area (Å²) in [5.41, 5.74) is 1.51. The summed E-state index contributed by atoms with van der Waals surface area (Å²) in [4.78, 5) is 24.0. The van der Waals surface area contributed by atoms with Gasteiger partial charge in [0.15, 0.2) is 0 Å². The van der Waals surface area contributed by atoms with Crippen LogP contribution in [-0.4, -0.2) is 24.9 Å². The number of hydrogen-bond acceptors (Lipinski definition) is 2. The van der Waals surface area contributed by atoms with E-state index in [1.54, 1.807) is 12.1 Å². The van der Waals surface area contributed by atoms with Crippen LogP contribution >= 0.6 is 11.6 Å². The lowest BCUT2D eigenvalue weighted by Crippen LogP contribution is -2.35. The standard InChI is InChI=1S/C19H20ClFN2O2/c1-12(2)13-6-8-14(9-7-13)18(24)22-10-11-23-19(25)17-15(20)4-3-5-16(17)21/h3-9,12H,10-11H2,1-2H3,(H,22,24)(H,23,25). The Morgan fingerprint density at radius 3 is 2.16 bits per heavy atom. The predicted octanol–water partition coefficient (Wildman–Crippen LogP) is 3.76. The van der Waals surface area contributed by atoms with Crippen LogP contribution in [-0.2, 0) is 0 Å². The normalized spacial score (nSPS) is 10.6. The molecule has 0 unspecified atom stereocenters. The maximum atomic E-state index is 13.6. The van der Waals surface area contributed by atoms with Crippen molar-refractivity contribution < 1.29 is 14.0 Å². The van der Waals surface area contributed by atoms with Gasteiger partial charge in [-0.05, 0) is 35.7 Å². The molecule has 0 aliphatic rings. The van der Waals surface area contributed by atoms with Gasteiger partial charge in [0.25, 0.3) is 11.8 Å². The number of nitrogens with one attached hydrogen (secondary N) is 2. The fourth-order valence-corrected chi connectivity index (χ4v) is 2.53. The third kappa shape index (κ3) is 5.03. The van der Waals surface area contributed by atoms with Gasteiger partial charge in [-0.15, -0.1) is 0 Å². The molecule has 2 amide bonds. The van der Waals surface area contributed by atoms with Gasteiger partial charge in [-0.1, -0.05) is 43.6 Å². The second-order valence-corrected chi connectivity index (χ2v) is 6.29. The summed E-state index contributed by atoms with van der Waals surface area (Å²) >= 11 is 5.83. The number of amides is 2. The molecule has 0 radical (unpaired) electrons. The average molecular weight is 363 g/mol. The summed E-state index contributed by atoms with van der Waals surface area (Å²) in [7, 11) is 0. The van der Waals surface area contributed by atoms with Crippen molar-refractivity contribution in [2.45, 2.75) is 19.8 Å². The molecular formula is C19H20ClFN2O2. The predicted molar refractivity (Wildman–Crippen MR) is 96.6 cm³/mol. The highest BCUT2D eigenvalue weighted by molar-refractivity contribution is 6.33. The Morgan fingerprint density at radius 1 is 1.00 bits per heavy atom. The van der Waals surface area contributed by atoms with Gasteiger partial charge in [-0.25, -0.2) is 4.39 Å². The average Bonchev–Trinajstić information content (AvgIpc) is 2.58. The fraction of sp³-hybridized carbons (Fsp3) is 0.263. The maximum absolute atomic E-state index is 13.6. The second-order valence-electron chi connectivity index (χ2n) is 5.89. The minimum absolute atomic E-state index is 0.0479. The van der Waals surface area contributed by atoms with Crippen LogP contribution in [0.4, 0.5) is 4.39 Å². The zero-order valence-corrected chi connectivity index (χ0v) is 14.9. The molecule has 0 saturated carbocycles. The van der Waals surface area contributed by atoms with E-state index in [-0.39, 0.29) is 29.6 Å². The lowest BCUT2D eigenvalue weighted by atomic mass is 10.0. The van der Waals surface area contributed by atoms with Crippen LogP contribution in [0.15, 0.2) is 42.5 Å². The van der Waals surface area contributed by atoms with Crippen molar-refractivity contribution in [3.63, 3.8) is 0 Å². The molecule has 2 N–H and O–H groups in total. The van der Waals surface area contributed by atoms with E-state index in [2.05, 4.69) is 24.5 Å². The Kier molecular flexibility index (Phi) is 6.53. The van der Waals surface area contributed by atoms with E-state index >= 15 is 0 Å². The summed E-state index contributed by atoms with van der Waals surface area (Å²) in [5, 5.41) is 5.28. The first-order valence-corrected chi connectivity index (χ1v) is 8.38. The number of carbonyl (C=O) groups is 2. The number of hydrogen-bond donors (Lipinski definition) is 2. The smallest absolute Gasteiger partial charge is 0.255 e. The van der Waals surface area contributed by atoms with Crippen LogP contribution in [0, 0.1) is 5.82 Å². The molecule has 2 aromatic carbocycles. The van der Waals surface area contributed by atoms with E-state index in [1.165, 1.54) is 18.2 Å². The lowest BCUT2D eigenvalue weighted by Gasteiger charge is -2.10. The Morgan fingerprint density at radius 2 is 1.60 bits per heavy atom. The number of benzene rings is 2. The van der Waals surface area contributed by atoms with Crippen molar-refractivity contribution in [3.05, 3.63) is 70.0 Å². The molecule has 0 aliphatic carbocycles. The van der Waals surface area contributed by atoms with Crippen LogP contribution in [0.25, 0.3) is 0 Å². The van der Waals surface area contributed by atoms with Crippen molar-refractivity contribution in [3.8, 4) is 0 Å². The minimum Gasteiger partial charge on any atom is -0.350 e. The van der Waals surface area contributed by atoms with E-state index in [0.717, 1.165) is 5.56 Å². The molecule has 0 aliphatic heterocycles. The Hall–Kier alpha value is -2.40. The lowest BCUT2D eigenvalue weighted by molar-refractivity contribution is 0.0925. The van der Waals surface area contributed by atoms with Crippen LogP contribution < -0.4 is 10.6 Å².